The minimum Gasteiger partial charge on any atom is -0.467 e. The van der Waals surface area contributed by atoms with Crippen molar-refractivity contribution in [2.75, 3.05) is 32.7 Å². The lowest BCUT2D eigenvalue weighted by Gasteiger charge is -2.16. The molecule has 1 amide bonds. The summed E-state index contributed by atoms with van der Waals surface area (Å²) in [5.41, 5.74) is 1.28. The Morgan fingerprint density at radius 1 is 1.42 bits per heavy atom. The molecule has 0 aliphatic rings. The molecule has 6 heteroatoms. The molecular formula is C13H18N2O4. The van der Waals surface area contributed by atoms with Crippen LogP contribution in [0.25, 0.3) is 0 Å². The number of esters is 1. The third-order valence-corrected chi connectivity index (χ3v) is 2.60. The highest BCUT2D eigenvalue weighted by atomic mass is 16.5. The van der Waals surface area contributed by atoms with E-state index in [9.17, 15) is 9.59 Å². The molecule has 1 aromatic carbocycles. The van der Waals surface area contributed by atoms with E-state index < -0.39 is 24.5 Å². The van der Waals surface area contributed by atoms with E-state index in [1.807, 2.05) is 25.1 Å². The van der Waals surface area contributed by atoms with Gasteiger partial charge in [0, 0.05) is 25.3 Å². The van der Waals surface area contributed by atoms with Gasteiger partial charge >= 0.3 is 5.97 Å². The van der Waals surface area contributed by atoms with Crippen molar-refractivity contribution in [3.63, 3.8) is 0 Å². The normalized spacial score (nSPS) is 11.6. The Morgan fingerprint density at radius 3 is 2.63 bits per heavy atom. The number of carbonyl (C=O) groups excluding carboxylic acids is 2. The number of carbonyl (C=O) groups is 2. The van der Waals surface area contributed by atoms with E-state index in [-0.39, 0.29) is 0 Å². The highest BCUT2D eigenvalue weighted by Crippen LogP contribution is 2.13. The molecule has 1 unspecified atom stereocenters. The summed E-state index contributed by atoms with van der Waals surface area (Å²) in [4.78, 5) is 25.1. The second kappa shape index (κ2) is 6.75. The smallest absolute Gasteiger partial charge is 0.330 e. The van der Waals surface area contributed by atoms with Crippen molar-refractivity contribution in [2.24, 2.45) is 0 Å². The first-order valence-corrected chi connectivity index (χ1v) is 5.76. The lowest BCUT2D eigenvalue weighted by Crippen LogP contribution is -2.44. The van der Waals surface area contributed by atoms with Gasteiger partial charge in [0.2, 0.25) is 0 Å². The molecule has 0 aliphatic heterocycles. The predicted octanol–water partition coefficient (Wildman–Crippen LogP) is 0.0163. The maximum absolute atomic E-state index is 12.0. The standard InChI is InChI=1S/C13H18N2O4/c1-15(2)10-6-4-5-9(7-10)12(17)14-11(8-16)13(18)19-3/h4-7,11,16H,8H2,1-3H3,(H,14,17). The number of anilines is 1. The molecule has 0 aliphatic carbocycles. The van der Waals surface area contributed by atoms with Crippen LogP contribution in [-0.2, 0) is 9.53 Å². The van der Waals surface area contributed by atoms with Crippen molar-refractivity contribution in [1.82, 2.24) is 5.32 Å². The number of rotatable bonds is 5. The van der Waals surface area contributed by atoms with Crippen LogP contribution in [-0.4, -0.2) is 50.8 Å². The number of ether oxygens (including phenoxy) is 1. The lowest BCUT2D eigenvalue weighted by molar-refractivity contribution is -0.143. The summed E-state index contributed by atoms with van der Waals surface area (Å²) in [6, 6.07) is 5.88. The van der Waals surface area contributed by atoms with Crippen LogP contribution in [0.1, 0.15) is 10.4 Å². The second-order valence-corrected chi connectivity index (χ2v) is 4.18. The minimum absolute atomic E-state index is 0.411. The summed E-state index contributed by atoms with van der Waals surface area (Å²) in [6.07, 6.45) is 0. The molecule has 0 saturated heterocycles. The Morgan fingerprint density at radius 2 is 2.11 bits per heavy atom. The Labute approximate surface area is 112 Å². The summed E-state index contributed by atoms with van der Waals surface area (Å²) in [5, 5.41) is 11.5. The van der Waals surface area contributed by atoms with Gasteiger partial charge in [-0.15, -0.1) is 0 Å². The molecule has 0 saturated carbocycles. The fraction of sp³-hybridized carbons (Fsp3) is 0.385. The zero-order valence-electron chi connectivity index (χ0n) is 11.2. The molecule has 0 fully saturated rings. The number of aliphatic hydroxyl groups excluding tert-OH is 1. The van der Waals surface area contributed by atoms with Crippen LogP contribution in [0.2, 0.25) is 0 Å². The van der Waals surface area contributed by atoms with Crippen molar-refractivity contribution in [3.8, 4) is 0 Å². The first kappa shape index (κ1) is 15.0. The number of methoxy groups -OCH3 is 1. The van der Waals surface area contributed by atoms with E-state index in [0.29, 0.717) is 5.56 Å². The molecule has 0 bridgehead atoms. The fourth-order valence-corrected chi connectivity index (χ4v) is 1.49. The number of benzene rings is 1. The number of nitrogens with one attached hydrogen (secondary N) is 1. The monoisotopic (exact) mass is 266 g/mol. The number of amides is 1. The van der Waals surface area contributed by atoms with Gasteiger partial charge in [-0.05, 0) is 18.2 Å². The van der Waals surface area contributed by atoms with Gasteiger partial charge in [-0.1, -0.05) is 6.07 Å². The molecule has 2 N–H and O–H groups in total. The molecule has 0 heterocycles. The van der Waals surface area contributed by atoms with Crippen LogP contribution in [0.5, 0.6) is 0 Å². The summed E-state index contributed by atoms with van der Waals surface area (Å²) in [7, 11) is 4.92. The fourth-order valence-electron chi connectivity index (χ4n) is 1.49. The largest absolute Gasteiger partial charge is 0.467 e. The highest BCUT2D eigenvalue weighted by Gasteiger charge is 2.21. The summed E-state index contributed by atoms with van der Waals surface area (Å²) in [6.45, 7) is -0.508. The zero-order chi connectivity index (χ0) is 14.4. The van der Waals surface area contributed by atoms with Crippen molar-refractivity contribution in [2.45, 2.75) is 6.04 Å². The molecular weight excluding hydrogens is 248 g/mol. The first-order valence-electron chi connectivity index (χ1n) is 5.76. The van der Waals surface area contributed by atoms with Crippen LogP contribution < -0.4 is 10.2 Å². The van der Waals surface area contributed by atoms with Crippen LogP contribution in [0.4, 0.5) is 5.69 Å². The molecule has 6 nitrogen and oxygen atoms in total. The van der Waals surface area contributed by atoms with Crippen molar-refractivity contribution < 1.29 is 19.4 Å². The SMILES string of the molecule is COC(=O)C(CO)NC(=O)c1cccc(N(C)C)c1. The number of nitrogens with zero attached hydrogens (tertiary/aromatic N) is 1. The van der Waals surface area contributed by atoms with Crippen LogP contribution in [0, 0.1) is 0 Å². The van der Waals surface area contributed by atoms with Crippen molar-refractivity contribution >= 4 is 17.6 Å². The third-order valence-electron chi connectivity index (χ3n) is 2.60. The predicted molar refractivity (Wildman–Crippen MR) is 71.1 cm³/mol. The highest BCUT2D eigenvalue weighted by molar-refractivity contribution is 5.97. The maximum atomic E-state index is 12.0. The average molecular weight is 266 g/mol. The van der Waals surface area contributed by atoms with Gasteiger partial charge in [0.15, 0.2) is 6.04 Å². The molecule has 0 aromatic heterocycles. The van der Waals surface area contributed by atoms with Gasteiger partial charge in [0.05, 0.1) is 13.7 Å². The van der Waals surface area contributed by atoms with Gasteiger partial charge in [-0.2, -0.15) is 0 Å². The summed E-state index contributed by atoms with van der Waals surface area (Å²) >= 11 is 0. The van der Waals surface area contributed by atoms with Gasteiger partial charge in [0.1, 0.15) is 0 Å². The molecule has 0 radical (unpaired) electrons. The van der Waals surface area contributed by atoms with E-state index in [1.165, 1.54) is 7.11 Å². The molecule has 1 atom stereocenters. The third kappa shape index (κ3) is 3.96. The lowest BCUT2D eigenvalue weighted by atomic mass is 10.1. The summed E-state index contributed by atoms with van der Waals surface area (Å²) < 4.78 is 4.48. The van der Waals surface area contributed by atoms with E-state index >= 15 is 0 Å². The molecule has 104 valence electrons. The van der Waals surface area contributed by atoms with E-state index in [1.54, 1.807) is 18.2 Å². The van der Waals surface area contributed by atoms with E-state index in [2.05, 4.69) is 10.1 Å². The minimum atomic E-state index is -1.06. The van der Waals surface area contributed by atoms with Crippen LogP contribution >= 0.6 is 0 Å². The summed E-state index contributed by atoms with van der Waals surface area (Å²) in [5.74, 6) is -1.12. The van der Waals surface area contributed by atoms with Crippen LogP contribution in [0.3, 0.4) is 0 Å². The Bertz CT molecular complexity index is 460. The topological polar surface area (TPSA) is 78.9 Å². The Balaban J connectivity index is 2.82. The van der Waals surface area contributed by atoms with Gasteiger partial charge in [0.25, 0.3) is 5.91 Å². The molecule has 19 heavy (non-hydrogen) atoms. The second-order valence-electron chi connectivity index (χ2n) is 4.18. The Kier molecular flexibility index (Phi) is 5.32. The first-order chi connectivity index (χ1) is 8.99. The number of aliphatic hydroxyl groups is 1. The maximum Gasteiger partial charge on any atom is 0.330 e. The van der Waals surface area contributed by atoms with E-state index in [4.69, 9.17) is 5.11 Å². The molecule has 0 spiro atoms. The molecule has 1 aromatic rings. The average Bonchev–Trinajstić information content (AvgIpc) is 2.43. The van der Waals surface area contributed by atoms with Crippen molar-refractivity contribution in [3.05, 3.63) is 29.8 Å². The quantitative estimate of drug-likeness (QED) is 0.734. The van der Waals surface area contributed by atoms with Gasteiger partial charge in [-0.3, -0.25) is 4.79 Å². The van der Waals surface area contributed by atoms with Gasteiger partial charge < -0.3 is 20.1 Å². The number of hydrogen-bond acceptors (Lipinski definition) is 5. The van der Waals surface area contributed by atoms with E-state index in [0.717, 1.165) is 5.69 Å². The van der Waals surface area contributed by atoms with Crippen LogP contribution in [0.15, 0.2) is 24.3 Å². The number of hydrogen-bond donors (Lipinski definition) is 2. The zero-order valence-corrected chi connectivity index (χ0v) is 11.2. The van der Waals surface area contributed by atoms with Crippen molar-refractivity contribution in [1.29, 1.82) is 0 Å². The van der Waals surface area contributed by atoms with Gasteiger partial charge in [-0.25, -0.2) is 4.79 Å². The molecule has 1 rings (SSSR count). The Hall–Kier alpha value is -2.08.